The second kappa shape index (κ2) is 7.20. The molecule has 28 heavy (non-hydrogen) atoms. The predicted octanol–water partition coefficient (Wildman–Crippen LogP) is 4.60. The van der Waals surface area contributed by atoms with Crippen LogP contribution >= 0.6 is 11.6 Å². The molecular formula is C19H13ClF3N5. The molecule has 0 amide bonds. The van der Waals surface area contributed by atoms with E-state index in [9.17, 15) is 13.2 Å². The highest BCUT2D eigenvalue weighted by atomic mass is 35.5. The third-order valence-electron chi connectivity index (χ3n) is 4.21. The number of H-pyrrole nitrogens is 1. The molecule has 0 radical (unpaired) electrons. The molecule has 0 unspecified atom stereocenters. The summed E-state index contributed by atoms with van der Waals surface area (Å²) in [6.07, 6.45) is 4.52. The van der Waals surface area contributed by atoms with Gasteiger partial charge in [-0.15, -0.1) is 0 Å². The van der Waals surface area contributed by atoms with Gasteiger partial charge in [-0.25, -0.2) is 15.0 Å². The van der Waals surface area contributed by atoms with Crippen LogP contribution in [0.15, 0.2) is 49.2 Å². The summed E-state index contributed by atoms with van der Waals surface area (Å²) in [4.78, 5) is 19.4. The maximum Gasteiger partial charge on any atom is 0.433 e. The number of nitrogens with one attached hydrogen (secondary N) is 1. The largest absolute Gasteiger partial charge is 0.433 e. The van der Waals surface area contributed by atoms with Gasteiger partial charge in [-0.1, -0.05) is 17.7 Å². The van der Waals surface area contributed by atoms with E-state index in [0.29, 0.717) is 29.3 Å². The Kier molecular flexibility index (Phi) is 4.72. The molecule has 0 saturated carbocycles. The summed E-state index contributed by atoms with van der Waals surface area (Å²) in [6.45, 7) is 0. The van der Waals surface area contributed by atoms with E-state index in [4.69, 9.17) is 11.6 Å². The highest BCUT2D eigenvalue weighted by molar-refractivity contribution is 6.31. The lowest BCUT2D eigenvalue weighted by Crippen LogP contribution is -2.08. The quantitative estimate of drug-likeness (QED) is 0.540. The summed E-state index contributed by atoms with van der Waals surface area (Å²) >= 11 is 6.01. The van der Waals surface area contributed by atoms with E-state index < -0.39 is 11.9 Å². The number of halogens is 4. The fourth-order valence-electron chi connectivity index (χ4n) is 2.84. The molecule has 4 aromatic rings. The van der Waals surface area contributed by atoms with E-state index in [0.717, 1.165) is 28.2 Å². The van der Waals surface area contributed by atoms with E-state index in [1.54, 1.807) is 18.6 Å². The number of nitrogens with zero attached hydrogens (tertiary/aromatic N) is 4. The Balaban J connectivity index is 1.47. The molecule has 142 valence electrons. The number of rotatable bonds is 4. The normalized spacial score (nSPS) is 11.9. The number of hydrogen-bond donors (Lipinski definition) is 1. The highest BCUT2D eigenvalue weighted by Crippen LogP contribution is 2.27. The molecule has 0 aliphatic carbocycles. The number of alkyl halides is 3. The first-order chi connectivity index (χ1) is 13.4. The van der Waals surface area contributed by atoms with Crippen molar-refractivity contribution < 1.29 is 13.2 Å². The molecule has 4 rings (SSSR count). The Labute approximate surface area is 162 Å². The average Bonchev–Trinajstić information content (AvgIpc) is 3.05. The molecule has 0 saturated heterocycles. The molecule has 0 atom stereocenters. The summed E-state index contributed by atoms with van der Waals surface area (Å²) in [6, 6.07) is 4.19. The van der Waals surface area contributed by atoms with Crippen molar-refractivity contribution in [3.05, 3.63) is 82.4 Å². The highest BCUT2D eigenvalue weighted by Gasteiger charge is 2.32. The molecule has 9 heteroatoms. The lowest BCUT2D eigenvalue weighted by atomic mass is 10.1. The zero-order valence-corrected chi connectivity index (χ0v) is 15.1. The van der Waals surface area contributed by atoms with Crippen LogP contribution in [0.2, 0.25) is 5.02 Å². The van der Waals surface area contributed by atoms with E-state index in [1.807, 2.05) is 12.3 Å². The number of fused-ring (bicyclic) bond motifs is 1. The molecule has 1 N–H and O–H groups in total. The molecule has 5 nitrogen and oxygen atoms in total. The SMILES string of the molecule is FC(F)(F)c1ccc(Cc2ncc(Cc3c[nH]c4ncc(Cl)cc34)cn2)cn1. The minimum atomic E-state index is -4.45. The van der Waals surface area contributed by atoms with Crippen molar-refractivity contribution in [1.29, 1.82) is 0 Å². The Morgan fingerprint density at radius 2 is 1.64 bits per heavy atom. The summed E-state index contributed by atoms with van der Waals surface area (Å²) in [7, 11) is 0. The first-order valence-corrected chi connectivity index (χ1v) is 8.70. The van der Waals surface area contributed by atoms with Crippen LogP contribution in [-0.4, -0.2) is 24.9 Å². The first-order valence-electron chi connectivity index (χ1n) is 8.32. The predicted molar refractivity (Wildman–Crippen MR) is 98.0 cm³/mol. The van der Waals surface area contributed by atoms with Crippen LogP contribution < -0.4 is 0 Å². The summed E-state index contributed by atoms with van der Waals surface area (Å²) in [5.74, 6) is 0.508. The van der Waals surface area contributed by atoms with Crippen LogP contribution in [0, 0.1) is 0 Å². The zero-order valence-electron chi connectivity index (χ0n) is 14.3. The minimum absolute atomic E-state index is 0.304. The number of hydrogen-bond acceptors (Lipinski definition) is 4. The van der Waals surface area contributed by atoms with Crippen LogP contribution in [0.3, 0.4) is 0 Å². The minimum Gasteiger partial charge on any atom is -0.346 e. The number of aromatic nitrogens is 5. The maximum atomic E-state index is 12.6. The van der Waals surface area contributed by atoms with Crippen LogP contribution in [-0.2, 0) is 19.0 Å². The molecule has 0 fully saturated rings. The Morgan fingerprint density at radius 3 is 2.32 bits per heavy atom. The summed E-state index contributed by atoms with van der Waals surface area (Å²) < 4.78 is 37.7. The lowest BCUT2D eigenvalue weighted by molar-refractivity contribution is -0.141. The van der Waals surface area contributed by atoms with Gasteiger partial charge in [-0.05, 0) is 28.8 Å². The second-order valence-corrected chi connectivity index (χ2v) is 6.71. The smallest absolute Gasteiger partial charge is 0.346 e. The van der Waals surface area contributed by atoms with Crippen molar-refractivity contribution in [2.75, 3.05) is 0 Å². The maximum absolute atomic E-state index is 12.6. The van der Waals surface area contributed by atoms with Crippen molar-refractivity contribution in [3.63, 3.8) is 0 Å². The van der Waals surface area contributed by atoms with Gasteiger partial charge in [0, 0.05) is 49.2 Å². The van der Waals surface area contributed by atoms with Crippen molar-refractivity contribution in [3.8, 4) is 0 Å². The third kappa shape index (κ3) is 3.96. The molecule has 0 aliphatic heterocycles. The summed E-state index contributed by atoms with van der Waals surface area (Å²) in [5, 5.41) is 1.50. The van der Waals surface area contributed by atoms with Crippen molar-refractivity contribution in [1.82, 2.24) is 24.9 Å². The van der Waals surface area contributed by atoms with Crippen LogP contribution in [0.4, 0.5) is 13.2 Å². The Hall–Kier alpha value is -3.00. The van der Waals surface area contributed by atoms with Gasteiger partial charge in [-0.2, -0.15) is 13.2 Å². The van der Waals surface area contributed by atoms with Crippen molar-refractivity contribution in [2.45, 2.75) is 19.0 Å². The fourth-order valence-corrected chi connectivity index (χ4v) is 3.00. The standard InChI is InChI=1S/C19H13ClF3N5/c20-14-5-15-13(9-27-18(15)28-10-14)3-12-7-25-17(26-8-12)4-11-1-2-16(24-6-11)19(21,22)23/h1-2,5-10H,3-4H2,(H,27,28). The molecule has 0 bridgehead atoms. The zero-order chi connectivity index (χ0) is 19.7. The van der Waals surface area contributed by atoms with Gasteiger partial charge in [0.05, 0.1) is 5.02 Å². The van der Waals surface area contributed by atoms with Gasteiger partial charge in [0.1, 0.15) is 17.2 Å². The Morgan fingerprint density at radius 1 is 0.893 bits per heavy atom. The molecule has 4 aromatic heterocycles. The fraction of sp³-hybridized carbons (Fsp3) is 0.158. The van der Waals surface area contributed by atoms with Gasteiger partial charge in [-0.3, -0.25) is 4.98 Å². The number of aromatic amines is 1. The first kappa shape index (κ1) is 18.4. The van der Waals surface area contributed by atoms with Gasteiger partial charge < -0.3 is 4.98 Å². The second-order valence-electron chi connectivity index (χ2n) is 6.27. The van der Waals surface area contributed by atoms with E-state index >= 15 is 0 Å². The van der Waals surface area contributed by atoms with E-state index in [1.165, 1.54) is 12.3 Å². The van der Waals surface area contributed by atoms with Crippen LogP contribution in [0.5, 0.6) is 0 Å². The van der Waals surface area contributed by atoms with Gasteiger partial charge in [0.2, 0.25) is 0 Å². The molecule has 0 spiro atoms. The molecule has 4 heterocycles. The Bertz CT molecular complexity index is 1110. The van der Waals surface area contributed by atoms with Crippen molar-refractivity contribution in [2.24, 2.45) is 0 Å². The number of pyridine rings is 2. The van der Waals surface area contributed by atoms with Crippen molar-refractivity contribution >= 4 is 22.6 Å². The summed E-state index contributed by atoms with van der Waals surface area (Å²) in [5.41, 5.74) is 2.37. The lowest BCUT2D eigenvalue weighted by Gasteiger charge is -2.06. The van der Waals surface area contributed by atoms with Gasteiger partial charge >= 0.3 is 6.18 Å². The molecule has 0 aromatic carbocycles. The molecular weight excluding hydrogens is 391 g/mol. The van der Waals surface area contributed by atoms with E-state index in [2.05, 4.69) is 24.9 Å². The topological polar surface area (TPSA) is 67.3 Å². The van der Waals surface area contributed by atoms with Crippen LogP contribution in [0.1, 0.15) is 28.2 Å². The molecule has 0 aliphatic rings. The van der Waals surface area contributed by atoms with Gasteiger partial charge in [0.15, 0.2) is 0 Å². The van der Waals surface area contributed by atoms with Gasteiger partial charge in [0.25, 0.3) is 0 Å². The third-order valence-corrected chi connectivity index (χ3v) is 4.42. The van der Waals surface area contributed by atoms with E-state index in [-0.39, 0.29) is 0 Å². The van der Waals surface area contributed by atoms with Crippen LogP contribution in [0.25, 0.3) is 11.0 Å². The monoisotopic (exact) mass is 403 g/mol. The average molecular weight is 404 g/mol.